The summed E-state index contributed by atoms with van der Waals surface area (Å²) in [5.41, 5.74) is 1.19. The average molecular weight is 314 g/mol. The predicted octanol–water partition coefficient (Wildman–Crippen LogP) is 2.54. The minimum atomic E-state index is -0.405. The van der Waals surface area contributed by atoms with Gasteiger partial charge in [0, 0.05) is 11.6 Å². The molecule has 122 valence electrons. The maximum absolute atomic E-state index is 12.5. The van der Waals surface area contributed by atoms with Gasteiger partial charge in [-0.25, -0.2) is 0 Å². The van der Waals surface area contributed by atoms with Crippen molar-refractivity contribution in [1.82, 2.24) is 5.32 Å². The first-order valence-electron chi connectivity index (χ1n) is 8.49. The van der Waals surface area contributed by atoms with Gasteiger partial charge in [0.05, 0.1) is 18.1 Å². The van der Waals surface area contributed by atoms with E-state index in [9.17, 15) is 9.59 Å². The summed E-state index contributed by atoms with van der Waals surface area (Å²) in [5.74, 6) is 0.436. The van der Waals surface area contributed by atoms with Gasteiger partial charge in [-0.3, -0.25) is 9.59 Å². The van der Waals surface area contributed by atoms with Crippen molar-refractivity contribution in [1.29, 1.82) is 0 Å². The molecule has 0 aromatic heterocycles. The van der Waals surface area contributed by atoms with Crippen molar-refractivity contribution in [3.63, 3.8) is 0 Å². The Bertz CT molecular complexity index is 659. The molecule has 5 nitrogen and oxygen atoms in total. The third-order valence-corrected chi connectivity index (χ3v) is 5.73. The molecule has 0 radical (unpaired) electrons. The van der Waals surface area contributed by atoms with Crippen LogP contribution in [0.5, 0.6) is 0 Å². The summed E-state index contributed by atoms with van der Waals surface area (Å²) in [6, 6.07) is 7.62. The standard InChI is InChI=1S/C18H22N2O3/c1-2-23-17(22)14-9-12-8-7-11(14)10-18(12)19-15-6-4-3-5-13(15)16(21)20-18/h3-6,11-12,14,19H,2,7-10H2,1H3,(H,20,21)/t11-,12-,14+,18+/m1/s1. The molecule has 4 aliphatic rings. The van der Waals surface area contributed by atoms with Gasteiger partial charge in [-0.2, -0.15) is 0 Å². The van der Waals surface area contributed by atoms with E-state index in [2.05, 4.69) is 10.6 Å². The molecule has 3 fully saturated rings. The topological polar surface area (TPSA) is 67.4 Å². The Labute approximate surface area is 135 Å². The number of amides is 1. The molecule has 0 saturated heterocycles. The lowest BCUT2D eigenvalue weighted by atomic mass is 9.59. The van der Waals surface area contributed by atoms with Gasteiger partial charge in [0.15, 0.2) is 0 Å². The smallest absolute Gasteiger partial charge is 0.309 e. The second-order valence-corrected chi connectivity index (χ2v) is 6.93. The predicted molar refractivity (Wildman–Crippen MR) is 85.8 cm³/mol. The molecule has 3 aliphatic carbocycles. The molecule has 4 atom stereocenters. The van der Waals surface area contributed by atoms with Gasteiger partial charge in [0.25, 0.3) is 5.91 Å². The molecule has 2 bridgehead atoms. The van der Waals surface area contributed by atoms with E-state index in [1.165, 1.54) is 0 Å². The van der Waals surface area contributed by atoms with E-state index in [1.54, 1.807) is 0 Å². The van der Waals surface area contributed by atoms with Crippen LogP contribution in [0.3, 0.4) is 0 Å². The highest BCUT2D eigenvalue weighted by atomic mass is 16.5. The maximum atomic E-state index is 12.5. The Kier molecular flexibility index (Phi) is 3.32. The molecule has 1 aromatic rings. The van der Waals surface area contributed by atoms with Crippen molar-refractivity contribution < 1.29 is 14.3 Å². The normalized spacial score (nSPS) is 34.5. The van der Waals surface area contributed by atoms with Crippen molar-refractivity contribution in [2.75, 3.05) is 11.9 Å². The molecule has 3 saturated carbocycles. The quantitative estimate of drug-likeness (QED) is 0.823. The van der Waals surface area contributed by atoms with Crippen molar-refractivity contribution in [2.24, 2.45) is 17.8 Å². The van der Waals surface area contributed by atoms with Gasteiger partial charge in [-0.15, -0.1) is 0 Å². The van der Waals surface area contributed by atoms with E-state index < -0.39 is 5.66 Å². The van der Waals surface area contributed by atoms with E-state index in [-0.39, 0.29) is 29.6 Å². The second-order valence-electron chi connectivity index (χ2n) is 6.93. The van der Waals surface area contributed by atoms with Crippen LogP contribution in [0.2, 0.25) is 0 Å². The van der Waals surface area contributed by atoms with Crippen molar-refractivity contribution in [3.8, 4) is 0 Å². The van der Waals surface area contributed by atoms with Crippen LogP contribution in [-0.4, -0.2) is 24.1 Å². The van der Waals surface area contributed by atoms with Crippen molar-refractivity contribution >= 4 is 17.6 Å². The number of fused-ring (bicyclic) bond motifs is 3. The summed E-state index contributed by atoms with van der Waals surface area (Å²) in [7, 11) is 0. The molecular formula is C18H22N2O3. The number of nitrogens with one attached hydrogen (secondary N) is 2. The molecule has 5 heteroatoms. The van der Waals surface area contributed by atoms with Gasteiger partial charge in [0.1, 0.15) is 5.66 Å². The van der Waals surface area contributed by atoms with Crippen molar-refractivity contribution in [3.05, 3.63) is 29.8 Å². The lowest BCUT2D eigenvalue weighted by molar-refractivity contribution is -0.155. The van der Waals surface area contributed by atoms with Crippen LogP contribution in [0.4, 0.5) is 5.69 Å². The van der Waals surface area contributed by atoms with Crippen LogP contribution in [0, 0.1) is 17.8 Å². The highest BCUT2D eigenvalue weighted by Crippen LogP contribution is 2.52. The molecule has 2 N–H and O–H groups in total. The first-order valence-corrected chi connectivity index (χ1v) is 8.49. The highest BCUT2D eigenvalue weighted by Gasteiger charge is 2.55. The van der Waals surface area contributed by atoms with Gasteiger partial charge in [-0.05, 0) is 50.7 Å². The Morgan fingerprint density at radius 2 is 2.13 bits per heavy atom. The zero-order valence-electron chi connectivity index (χ0n) is 13.3. The molecule has 1 spiro atoms. The van der Waals surface area contributed by atoms with Gasteiger partial charge in [0.2, 0.25) is 0 Å². The summed E-state index contributed by atoms with van der Waals surface area (Å²) in [6.45, 7) is 2.28. The SMILES string of the molecule is CCOC(=O)[C@H]1C[C@H]2CC[C@@H]1C[C@]21NC(=O)c2ccccc2N1. The Morgan fingerprint density at radius 3 is 2.87 bits per heavy atom. The molecular weight excluding hydrogens is 292 g/mol. The third kappa shape index (κ3) is 2.21. The van der Waals surface area contributed by atoms with Crippen molar-refractivity contribution in [2.45, 2.75) is 38.3 Å². The third-order valence-electron chi connectivity index (χ3n) is 5.73. The molecule has 1 amide bonds. The lowest BCUT2D eigenvalue weighted by Crippen LogP contribution is -2.67. The zero-order valence-corrected chi connectivity index (χ0v) is 13.3. The largest absolute Gasteiger partial charge is 0.466 e. The molecule has 23 heavy (non-hydrogen) atoms. The number of anilines is 1. The summed E-state index contributed by atoms with van der Waals surface area (Å²) in [4.78, 5) is 24.7. The molecule has 1 aromatic carbocycles. The van der Waals surface area contributed by atoms with Gasteiger partial charge < -0.3 is 15.4 Å². The van der Waals surface area contributed by atoms with Crippen LogP contribution < -0.4 is 10.6 Å². The zero-order chi connectivity index (χ0) is 16.0. The first-order chi connectivity index (χ1) is 11.1. The number of rotatable bonds is 2. The number of esters is 1. The number of carbonyl (C=O) groups is 2. The lowest BCUT2D eigenvalue weighted by Gasteiger charge is -2.56. The Balaban J connectivity index is 1.61. The van der Waals surface area contributed by atoms with E-state index in [0.29, 0.717) is 12.2 Å². The van der Waals surface area contributed by atoms with Gasteiger partial charge in [-0.1, -0.05) is 12.1 Å². The summed E-state index contributed by atoms with van der Waals surface area (Å²) >= 11 is 0. The number of para-hydroxylation sites is 1. The second kappa shape index (κ2) is 5.25. The summed E-state index contributed by atoms with van der Waals surface area (Å²) < 4.78 is 5.24. The molecule has 1 heterocycles. The van der Waals surface area contributed by atoms with E-state index >= 15 is 0 Å². The molecule has 0 unspecified atom stereocenters. The van der Waals surface area contributed by atoms with Crippen LogP contribution in [-0.2, 0) is 9.53 Å². The number of hydrogen-bond acceptors (Lipinski definition) is 4. The number of benzene rings is 1. The van der Waals surface area contributed by atoms with E-state index in [1.807, 2.05) is 31.2 Å². The number of carbonyl (C=O) groups excluding carboxylic acids is 2. The highest BCUT2D eigenvalue weighted by molar-refractivity contribution is 6.02. The minimum absolute atomic E-state index is 0.0143. The number of ether oxygens (including phenoxy) is 1. The van der Waals surface area contributed by atoms with Crippen LogP contribution in [0.25, 0.3) is 0 Å². The minimum Gasteiger partial charge on any atom is -0.466 e. The van der Waals surface area contributed by atoms with E-state index in [0.717, 1.165) is 31.4 Å². The summed E-state index contributed by atoms with van der Waals surface area (Å²) in [6.07, 6.45) is 3.66. The van der Waals surface area contributed by atoms with E-state index in [4.69, 9.17) is 4.74 Å². The van der Waals surface area contributed by atoms with Gasteiger partial charge >= 0.3 is 5.97 Å². The summed E-state index contributed by atoms with van der Waals surface area (Å²) in [5, 5.41) is 6.79. The number of hydrogen-bond donors (Lipinski definition) is 2. The van der Waals surface area contributed by atoms with Crippen LogP contribution >= 0.6 is 0 Å². The average Bonchev–Trinajstić information content (AvgIpc) is 2.55. The fourth-order valence-electron chi connectivity index (χ4n) is 4.68. The molecule has 5 rings (SSSR count). The first kappa shape index (κ1) is 14.5. The maximum Gasteiger partial charge on any atom is 0.309 e. The molecule has 1 aliphatic heterocycles. The fraction of sp³-hybridized carbons (Fsp3) is 0.556. The fourth-order valence-corrected chi connectivity index (χ4v) is 4.68. The van der Waals surface area contributed by atoms with Crippen LogP contribution in [0.1, 0.15) is 43.0 Å². The monoisotopic (exact) mass is 314 g/mol. The Hall–Kier alpha value is -2.04. The Morgan fingerprint density at radius 1 is 1.30 bits per heavy atom. The van der Waals surface area contributed by atoms with Crippen LogP contribution in [0.15, 0.2) is 24.3 Å².